The van der Waals surface area contributed by atoms with Crippen LogP contribution in [0.25, 0.3) is 0 Å². The van der Waals surface area contributed by atoms with E-state index in [1.165, 1.54) is 12.1 Å². The lowest BCUT2D eigenvalue weighted by atomic mass is 10.1. The molecule has 15 heavy (non-hydrogen) atoms. The lowest BCUT2D eigenvalue weighted by Crippen LogP contribution is -2.35. The van der Waals surface area contributed by atoms with Gasteiger partial charge in [0.05, 0.1) is 6.61 Å². The highest BCUT2D eigenvalue weighted by molar-refractivity contribution is 5.85. The van der Waals surface area contributed by atoms with Crippen molar-refractivity contribution in [1.29, 1.82) is 0 Å². The molecule has 1 N–H and O–H groups in total. The van der Waals surface area contributed by atoms with Crippen LogP contribution in [0.2, 0.25) is 0 Å². The van der Waals surface area contributed by atoms with E-state index in [1.54, 1.807) is 12.1 Å². The van der Waals surface area contributed by atoms with Crippen LogP contribution in [0, 0.1) is 5.82 Å². The first-order valence-electron chi connectivity index (χ1n) is 4.61. The minimum Gasteiger partial charge on any atom is -0.297 e. The van der Waals surface area contributed by atoms with Crippen molar-refractivity contribution in [1.82, 2.24) is 5.48 Å². The average Bonchev–Trinajstić information content (AvgIpc) is 2.06. The molecule has 1 aromatic rings. The van der Waals surface area contributed by atoms with E-state index in [4.69, 9.17) is 4.84 Å². The first-order chi connectivity index (χ1) is 6.47. The maximum Gasteiger partial charge on any atom is 0.123 e. The summed E-state index contributed by atoms with van der Waals surface area (Å²) in [4.78, 5) is 5.25. The number of halogens is 2. The van der Waals surface area contributed by atoms with E-state index >= 15 is 0 Å². The Bertz CT molecular complexity index is 282. The summed E-state index contributed by atoms with van der Waals surface area (Å²) in [7, 11) is 0. The highest BCUT2D eigenvalue weighted by Crippen LogP contribution is 2.05. The second-order valence-corrected chi connectivity index (χ2v) is 4.27. The van der Waals surface area contributed by atoms with Crippen LogP contribution in [-0.4, -0.2) is 5.54 Å². The standard InChI is InChI=1S/C11H16FNO.ClH/c1-11(2,3)13-14-8-9-4-6-10(12)7-5-9;/h4-7,13H,8H2,1-3H3;1H. The largest absolute Gasteiger partial charge is 0.297 e. The van der Waals surface area contributed by atoms with Crippen molar-refractivity contribution < 1.29 is 9.23 Å². The number of hydrogen-bond donors (Lipinski definition) is 1. The van der Waals surface area contributed by atoms with Crippen LogP contribution in [-0.2, 0) is 11.4 Å². The molecule has 0 aromatic heterocycles. The molecule has 0 spiro atoms. The van der Waals surface area contributed by atoms with Crippen molar-refractivity contribution in [3.8, 4) is 0 Å². The number of benzene rings is 1. The van der Waals surface area contributed by atoms with Crippen molar-refractivity contribution >= 4 is 12.4 Å². The minimum atomic E-state index is -0.225. The number of hydrogen-bond acceptors (Lipinski definition) is 2. The van der Waals surface area contributed by atoms with Crippen molar-refractivity contribution in [3.05, 3.63) is 35.6 Å². The molecule has 86 valence electrons. The fraction of sp³-hybridized carbons (Fsp3) is 0.455. The summed E-state index contributed by atoms with van der Waals surface area (Å²) in [5.41, 5.74) is 3.77. The third-order valence-corrected chi connectivity index (χ3v) is 1.53. The highest BCUT2D eigenvalue weighted by Gasteiger charge is 2.08. The van der Waals surface area contributed by atoms with Crippen molar-refractivity contribution in [2.75, 3.05) is 0 Å². The quantitative estimate of drug-likeness (QED) is 0.811. The molecular formula is C11H17ClFNO. The van der Waals surface area contributed by atoms with Gasteiger partial charge in [-0.05, 0) is 38.5 Å². The van der Waals surface area contributed by atoms with E-state index in [2.05, 4.69) is 5.48 Å². The molecule has 0 bridgehead atoms. The monoisotopic (exact) mass is 233 g/mol. The zero-order valence-electron chi connectivity index (χ0n) is 9.21. The Kier molecular flexibility index (Phi) is 5.80. The summed E-state index contributed by atoms with van der Waals surface area (Å²) in [6.07, 6.45) is 0. The van der Waals surface area contributed by atoms with Gasteiger partial charge in [-0.15, -0.1) is 12.4 Å². The van der Waals surface area contributed by atoms with Gasteiger partial charge in [0.2, 0.25) is 0 Å². The maximum atomic E-state index is 12.5. The van der Waals surface area contributed by atoms with Crippen LogP contribution in [0.1, 0.15) is 26.3 Å². The Hall–Kier alpha value is -0.640. The predicted octanol–water partition coefficient (Wildman–Crippen LogP) is 3.07. The van der Waals surface area contributed by atoms with Gasteiger partial charge in [0, 0.05) is 5.54 Å². The normalized spacial score (nSPS) is 10.9. The Morgan fingerprint density at radius 1 is 1.20 bits per heavy atom. The highest BCUT2D eigenvalue weighted by atomic mass is 35.5. The van der Waals surface area contributed by atoms with E-state index in [0.29, 0.717) is 6.61 Å². The van der Waals surface area contributed by atoms with E-state index in [-0.39, 0.29) is 23.8 Å². The summed E-state index contributed by atoms with van der Waals surface area (Å²) in [5.74, 6) is -0.225. The summed E-state index contributed by atoms with van der Waals surface area (Å²) >= 11 is 0. The number of rotatable bonds is 3. The van der Waals surface area contributed by atoms with E-state index in [9.17, 15) is 4.39 Å². The second kappa shape index (κ2) is 6.05. The molecule has 0 amide bonds. The molecule has 0 aliphatic heterocycles. The van der Waals surface area contributed by atoms with Gasteiger partial charge in [0.25, 0.3) is 0 Å². The van der Waals surface area contributed by atoms with Crippen molar-refractivity contribution in [3.63, 3.8) is 0 Å². The van der Waals surface area contributed by atoms with Crippen LogP contribution < -0.4 is 5.48 Å². The van der Waals surface area contributed by atoms with Gasteiger partial charge in [-0.3, -0.25) is 4.84 Å². The third-order valence-electron chi connectivity index (χ3n) is 1.53. The van der Waals surface area contributed by atoms with Crippen LogP contribution >= 0.6 is 12.4 Å². The maximum absolute atomic E-state index is 12.5. The van der Waals surface area contributed by atoms with E-state index in [1.807, 2.05) is 20.8 Å². The number of nitrogens with one attached hydrogen (secondary N) is 1. The Balaban J connectivity index is 0.00000196. The van der Waals surface area contributed by atoms with Crippen LogP contribution in [0.3, 0.4) is 0 Å². The molecule has 0 aliphatic carbocycles. The van der Waals surface area contributed by atoms with E-state index < -0.39 is 0 Å². The molecule has 0 radical (unpaired) electrons. The van der Waals surface area contributed by atoms with E-state index in [0.717, 1.165) is 5.56 Å². The summed E-state index contributed by atoms with van der Waals surface area (Å²) < 4.78 is 12.5. The van der Waals surface area contributed by atoms with Gasteiger partial charge >= 0.3 is 0 Å². The molecule has 0 heterocycles. The van der Waals surface area contributed by atoms with Crippen LogP contribution in [0.15, 0.2) is 24.3 Å². The lowest BCUT2D eigenvalue weighted by Gasteiger charge is -2.19. The molecule has 0 unspecified atom stereocenters. The van der Waals surface area contributed by atoms with Gasteiger partial charge in [-0.2, -0.15) is 5.48 Å². The molecule has 0 aliphatic rings. The smallest absolute Gasteiger partial charge is 0.123 e. The molecular weight excluding hydrogens is 217 g/mol. The fourth-order valence-electron chi connectivity index (χ4n) is 0.917. The van der Waals surface area contributed by atoms with Gasteiger partial charge < -0.3 is 0 Å². The van der Waals surface area contributed by atoms with Crippen molar-refractivity contribution in [2.24, 2.45) is 0 Å². The summed E-state index contributed by atoms with van der Waals surface area (Å²) in [5, 5.41) is 0. The first kappa shape index (κ1) is 14.4. The Morgan fingerprint density at radius 2 is 1.73 bits per heavy atom. The molecule has 1 aromatic carbocycles. The molecule has 0 saturated heterocycles. The third kappa shape index (κ3) is 6.44. The average molecular weight is 234 g/mol. The second-order valence-electron chi connectivity index (χ2n) is 4.27. The minimum absolute atomic E-state index is 0. The Labute approximate surface area is 96.2 Å². The van der Waals surface area contributed by atoms with Gasteiger partial charge in [-0.1, -0.05) is 12.1 Å². The van der Waals surface area contributed by atoms with Crippen LogP contribution in [0.5, 0.6) is 0 Å². The van der Waals surface area contributed by atoms with Gasteiger partial charge in [0.1, 0.15) is 5.82 Å². The zero-order valence-corrected chi connectivity index (χ0v) is 10.0. The molecule has 0 saturated carbocycles. The number of hydroxylamine groups is 1. The predicted molar refractivity (Wildman–Crippen MR) is 61.3 cm³/mol. The molecule has 0 fully saturated rings. The van der Waals surface area contributed by atoms with Crippen LogP contribution in [0.4, 0.5) is 4.39 Å². The molecule has 0 atom stereocenters. The fourth-order valence-corrected chi connectivity index (χ4v) is 0.917. The van der Waals surface area contributed by atoms with Crippen molar-refractivity contribution in [2.45, 2.75) is 32.9 Å². The summed E-state index contributed by atoms with van der Waals surface area (Å²) in [6.45, 7) is 6.48. The zero-order chi connectivity index (χ0) is 10.6. The first-order valence-corrected chi connectivity index (χ1v) is 4.61. The topological polar surface area (TPSA) is 21.3 Å². The SMILES string of the molecule is CC(C)(C)NOCc1ccc(F)cc1.Cl. The van der Waals surface area contributed by atoms with Gasteiger partial charge in [-0.25, -0.2) is 4.39 Å². The molecule has 4 heteroatoms. The Morgan fingerprint density at radius 3 is 2.20 bits per heavy atom. The molecule has 2 nitrogen and oxygen atoms in total. The lowest BCUT2D eigenvalue weighted by molar-refractivity contribution is -0.0174. The summed E-state index contributed by atoms with van der Waals surface area (Å²) in [6, 6.07) is 6.27. The van der Waals surface area contributed by atoms with Gasteiger partial charge in [0.15, 0.2) is 0 Å². The molecule has 1 rings (SSSR count).